The second kappa shape index (κ2) is 4.83. The zero-order valence-electron chi connectivity index (χ0n) is 9.10. The Bertz CT molecular complexity index is 464. The number of hydrogen-bond acceptors (Lipinski definition) is 3. The van der Waals surface area contributed by atoms with Gasteiger partial charge in [-0.15, -0.1) is 0 Å². The summed E-state index contributed by atoms with van der Waals surface area (Å²) in [5.41, 5.74) is 5.74. The van der Waals surface area contributed by atoms with Crippen molar-refractivity contribution in [1.82, 2.24) is 9.88 Å². The molecule has 2 heterocycles. The molecule has 0 spiro atoms. The van der Waals surface area contributed by atoms with Gasteiger partial charge in [0, 0.05) is 12.7 Å². The van der Waals surface area contributed by atoms with Gasteiger partial charge in [0.2, 0.25) is 5.91 Å². The third kappa shape index (κ3) is 2.31. The smallest absolute Gasteiger partial charge is 0.257 e. The van der Waals surface area contributed by atoms with Crippen LogP contribution in [0.4, 0.5) is 0 Å². The van der Waals surface area contributed by atoms with E-state index in [4.69, 9.17) is 5.73 Å². The number of likely N-dealkylation sites (tertiary alicyclic amines) is 1. The first-order valence-electron chi connectivity index (χ1n) is 5.32. The Kier molecular flexibility index (Phi) is 3.42. The number of halogens is 1. The van der Waals surface area contributed by atoms with Crippen LogP contribution in [0.5, 0.6) is 0 Å². The highest BCUT2D eigenvalue weighted by molar-refractivity contribution is 9.10. The molecule has 0 aromatic carbocycles. The predicted molar refractivity (Wildman–Crippen MR) is 65.2 cm³/mol. The van der Waals surface area contributed by atoms with Crippen LogP contribution in [0.3, 0.4) is 0 Å². The van der Waals surface area contributed by atoms with E-state index >= 15 is 0 Å². The summed E-state index contributed by atoms with van der Waals surface area (Å²) in [5, 5.41) is 0. The molecule has 6 heteroatoms. The first kappa shape index (κ1) is 12.0. The van der Waals surface area contributed by atoms with E-state index in [0.29, 0.717) is 23.1 Å². The number of carbonyl (C=O) groups excluding carboxylic acids is 2. The largest absolute Gasteiger partial charge is 0.368 e. The van der Waals surface area contributed by atoms with Crippen LogP contribution >= 0.6 is 15.9 Å². The number of amides is 2. The lowest BCUT2D eigenvalue weighted by molar-refractivity contribution is -0.121. The number of primary amides is 1. The zero-order chi connectivity index (χ0) is 12.4. The van der Waals surface area contributed by atoms with Crippen molar-refractivity contribution in [3.8, 4) is 0 Å². The normalized spacial score (nSPS) is 19.4. The molecular formula is C11H12BrN3O2. The molecule has 2 N–H and O–H groups in total. The van der Waals surface area contributed by atoms with Crippen molar-refractivity contribution >= 4 is 27.7 Å². The van der Waals surface area contributed by atoms with Gasteiger partial charge in [0.1, 0.15) is 10.6 Å². The van der Waals surface area contributed by atoms with E-state index in [1.807, 2.05) is 0 Å². The fourth-order valence-electron chi connectivity index (χ4n) is 2.01. The minimum absolute atomic E-state index is 0.203. The van der Waals surface area contributed by atoms with Gasteiger partial charge < -0.3 is 10.6 Å². The molecule has 1 aliphatic heterocycles. The molecule has 0 bridgehead atoms. The third-order valence-electron chi connectivity index (χ3n) is 2.83. The highest BCUT2D eigenvalue weighted by Gasteiger charge is 2.33. The standard InChI is InChI=1S/C11H12BrN3O2/c12-9-7(3-1-5-14-9)11(17)15-6-2-4-8(15)10(13)16/h1,3,5,8H,2,4,6H2,(H2,13,16). The average Bonchev–Trinajstić information content (AvgIpc) is 2.77. The van der Waals surface area contributed by atoms with Gasteiger partial charge in [-0.05, 0) is 40.9 Å². The van der Waals surface area contributed by atoms with Crippen LogP contribution in [0.15, 0.2) is 22.9 Å². The summed E-state index contributed by atoms with van der Waals surface area (Å²) >= 11 is 3.23. The predicted octanol–water partition coefficient (Wildman–Crippen LogP) is 0.934. The molecule has 1 saturated heterocycles. The molecule has 1 unspecified atom stereocenters. The maximum Gasteiger partial charge on any atom is 0.257 e. The molecule has 1 atom stereocenters. The Labute approximate surface area is 107 Å². The van der Waals surface area contributed by atoms with E-state index in [2.05, 4.69) is 20.9 Å². The van der Waals surface area contributed by atoms with Crippen LogP contribution < -0.4 is 5.73 Å². The monoisotopic (exact) mass is 297 g/mol. The highest BCUT2D eigenvalue weighted by atomic mass is 79.9. The van der Waals surface area contributed by atoms with Gasteiger partial charge >= 0.3 is 0 Å². The fourth-order valence-corrected chi connectivity index (χ4v) is 2.43. The third-order valence-corrected chi connectivity index (χ3v) is 3.46. The minimum atomic E-state index is -0.491. The van der Waals surface area contributed by atoms with E-state index in [0.717, 1.165) is 6.42 Å². The summed E-state index contributed by atoms with van der Waals surface area (Å²) < 4.78 is 0.486. The molecule has 0 saturated carbocycles. The Morgan fingerprint density at radius 2 is 2.29 bits per heavy atom. The number of nitrogens with two attached hydrogens (primary N) is 1. The molecule has 0 radical (unpaired) electrons. The molecule has 2 amide bonds. The number of aromatic nitrogens is 1. The quantitative estimate of drug-likeness (QED) is 0.825. The van der Waals surface area contributed by atoms with Gasteiger partial charge in [0.15, 0.2) is 0 Å². The summed E-state index contributed by atoms with van der Waals surface area (Å²) in [4.78, 5) is 29.0. The van der Waals surface area contributed by atoms with Gasteiger partial charge in [-0.25, -0.2) is 4.98 Å². The molecular weight excluding hydrogens is 286 g/mol. The zero-order valence-corrected chi connectivity index (χ0v) is 10.7. The number of hydrogen-bond donors (Lipinski definition) is 1. The Morgan fingerprint density at radius 1 is 1.53 bits per heavy atom. The van der Waals surface area contributed by atoms with E-state index < -0.39 is 11.9 Å². The van der Waals surface area contributed by atoms with Crippen LogP contribution in [0.1, 0.15) is 23.2 Å². The Hall–Kier alpha value is -1.43. The number of pyridine rings is 1. The Balaban J connectivity index is 2.26. The van der Waals surface area contributed by atoms with Crippen molar-refractivity contribution < 1.29 is 9.59 Å². The lowest BCUT2D eigenvalue weighted by Gasteiger charge is -2.22. The molecule has 1 aliphatic rings. The van der Waals surface area contributed by atoms with Gasteiger partial charge in [0.05, 0.1) is 5.56 Å². The van der Waals surface area contributed by atoms with Gasteiger partial charge in [-0.1, -0.05) is 0 Å². The van der Waals surface area contributed by atoms with Crippen molar-refractivity contribution in [2.24, 2.45) is 5.73 Å². The van der Waals surface area contributed by atoms with Crippen LogP contribution in [0.2, 0.25) is 0 Å². The van der Waals surface area contributed by atoms with E-state index in [1.165, 1.54) is 4.90 Å². The summed E-state index contributed by atoms with van der Waals surface area (Å²) in [5.74, 6) is -0.651. The fraction of sp³-hybridized carbons (Fsp3) is 0.364. The second-order valence-corrected chi connectivity index (χ2v) is 4.65. The van der Waals surface area contributed by atoms with E-state index in [-0.39, 0.29) is 5.91 Å². The van der Waals surface area contributed by atoms with Crippen molar-refractivity contribution in [3.05, 3.63) is 28.5 Å². The lowest BCUT2D eigenvalue weighted by atomic mass is 10.2. The molecule has 1 aromatic heterocycles. The van der Waals surface area contributed by atoms with Crippen LogP contribution in [0, 0.1) is 0 Å². The number of rotatable bonds is 2. The molecule has 0 aliphatic carbocycles. The van der Waals surface area contributed by atoms with Gasteiger partial charge in [-0.3, -0.25) is 9.59 Å². The summed E-state index contributed by atoms with van der Waals surface area (Å²) in [7, 11) is 0. The molecule has 17 heavy (non-hydrogen) atoms. The summed E-state index contributed by atoms with van der Waals surface area (Å²) in [6.45, 7) is 0.563. The highest BCUT2D eigenvalue weighted by Crippen LogP contribution is 2.22. The van der Waals surface area contributed by atoms with E-state index in [9.17, 15) is 9.59 Å². The first-order chi connectivity index (χ1) is 8.11. The minimum Gasteiger partial charge on any atom is -0.368 e. The maximum absolute atomic E-state index is 12.2. The average molecular weight is 298 g/mol. The summed E-state index contributed by atoms with van der Waals surface area (Å²) in [6.07, 6.45) is 3.03. The Morgan fingerprint density at radius 3 is 2.94 bits per heavy atom. The second-order valence-electron chi connectivity index (χ2n) is 3.90. The molecule has 90 valence electrons. The molecule has 2 rings (SSSR count). The van der Waals surface area contributed by atoms with Gasteiger partial charge in [-0.2, -0.15) is 0 Å². The SMILES string of the molecule is NC(=O)C1CCCN1C(=O)c1cccnc1Br. The molecule has 1 aromatic rings. The van der Waals surface area contributed by atoms with Crippen LogP contribution in [-0.2, 0) is 4.79 Å². The molecule has 1 fully saturated rings. The van der Waals surface area contributed by atoms with Crippen molar-refractivity contribution in [2.45, 2.75) is 18.9 Å². The van der Waals surface area contributed by atoms with Crippen LogP contribution in [-0.4, -0.2) is 34.3 Å². The van der Waals surface area contributed by atoms with Gasteiger partial charge in [0.25, 0.3) is 5.91 Å². The lowest BCUT2D eigenvalue weighted by Crippen LogP contribution is -2.43. The van der Waals surface area contributed by atoms with Crippen molar-refractivity contribution in [1.29, 1.82) is 0 Å². The van der Waals surface area contributed by atoms with E-state index in [1.54, 1.807) is 18.3 Å². The van der Waals surface area contributed by atoms with Crippen molar-refractivity contribution in [3.63, 3.8) is 0 Å². The number of carbonyl (C=O) groups is 2. The van der Waals surface area contributed by atoms with Crippen molar-refractivity contribution in [2.75, 3.05) is 6.54 Å². The maximum atomic E-state index is 12.2. The summed E-state index contributed by atoms with van der Waals surface area (Å²) in [6, 6.07) is 2.87. The molecule has 5 nitrogen and oxygen atoms in total. The topological polar surface area (TPSA) is 76.3 Å². The number of nitrogens with zero attached hydrogens (tertiary/aromatic N) is 2. The first-order valence-corrected chi connectivity index (χ1v) is 6.11. The van der Waals surface area contributed by atoms with Crippen LogP contribution in [0.25, 0.3) is 0 Å².